The molecule has 0 bridgehead atoms. The summed E-state index contributed by atoms with van der Waals surface area (Å²) in [6, 6.07) is 15.5. The molecule has 5 atom stereocenters. The molecule has 2 saturated heterocycles. The van der Waals surface area contributed by atoms with E-state index in [1.54, 1.807) is 0 Å². The van der Waals surface area contributed by atoms with Crippen LogP contribution in [0.15, 0.2) is 42.5 Å². The first kappa shape index (κ1) is 31.6. The summed E-state index contributed by atoms with van der Waals surface area (Å²) in [5, 5.41) is 3.02. The molecule has 0 radical (unpaired) electrons. The third kappa shape index (κ3) is 5.92. The zero-order valence-electron chi connectivity index (χ0n) is 23.6. The number of halogens is 3. The van der Waals surface area contributed by atoms with Crippen LogP contribution in [0.2, 0.25) is 5.15 Å². The summed E-state index contributed by atoms with van der Waals surface area (Å²) in [5.74, 6) is 1.58. The van der Waals surface area contributed by atoms with Gasteiger partial charge in [0.05, 0.1) is 18.5 Å². The second kappa shape index (κ2) is 13.7. The molecular formula is C32H44Cl3N3O2. The molecule has 6 rings (SSSR count). The van der Waals surface area contributed by atoms with Crippen molar-refractivity contribution >= 4 is 17.5 Å². The maximum atomic E-state index is 14.7. The molecule has 1 aromatic heterocycles. The molecule has 3 heterocycles. The van der Waals surface area contributed by atoms with Crippen LogP contribution in [0.3, 0.4) is 0 Å². The number of nitrogens with one attached hydrogen (secondary N) is 1. The number of piperidine rings is 1. The number of H-pyrrole nitrogens is 1. The molecule has 1 saturated carbocycles. The average molecular weight is 609 g/mol. The number of hydrogen-bond acceptors (Lipinski definition) is 2. The number of amides is 1. The van der Waals surface area contributed by atoms with Gasteiger partial charge in [-0.3, -0.25) is 4.79 Å². The Bertz CT molecular complexity index is 1130. The minimum atomic E-state index is -0.158. The number of pyridine rings is 1. The van der Waals surface area contributed by atoms with E-state index in [-0.39, 0.29) is 42.3 Å². The molecule has 1 spiro atoms. The topological polar surface area (TPSA) is 60.3 Å². The van der Waals surface area contributed by atoms with Gasteiger partial charge in [0.1, 0.15) is 12.0 Å². The normalized spacial score (nSPS) is 30.3. The number of ether oxygens (including phenoxy) is 1. The number of aromatic nitrogens is 1. The van der Waals surface area contributed by atoms with Gasteiger partial charge >= 0.3 is 0 Å². The van der Waals surface area contributed by atoms with Gasteiger partial charge in [0.25, 0.3) is 5.15 Å². The van der Waals surface area contributed by atoms with Crippen molar-refractivity contribution in [3.05, 3.63) is 64.4 Å². The van der Waals surface area contributed by atoms with Gasteiger partial charge in [-0.1, -0.05) is 49.6 Å². The second-order valence-electron chi connectivity index (χ2n) is 12.2. The van der Waals surface area contributed by atoms with Crippen LogP contribution in [-0.2, 0) is 14.9 Å². The number of rotatable bonds is 5. The lowest BCUT2D eigenvalue weighted by atomic mass is 9.64. The highest BCUT2D eigenvalue weighted by atomic mass is 35.5. The van der Waals surface area contributed by atoms with Gasteiger partial charge in [-0.25, -0.2) is 0 Å². The summed E-state index contributed by atoms with van der Waals surface area (Å²) in [7, 11) is 0. The Morgan fingerprint density at radius 2 is 1.85 bits per heavy atom. The van der Waals surface area contributed by atoms with Gasteiger partial charge in [0.15, 0.2) is 0 Å². The van der Waals surface area contributed by atoms with Gasteiger partial charge in [-0.15, -0.1) is 0 Å². The van der Waals surface area contributed by atoms with Crippen molar-refractivity contribution in [3.8, 4) is 0 Å². The molecule has 2 aliphatic carbocycles. The number of benzene rings is 1. The maximum Gasteiger partial charge on any atom is 0.273 e. The molecular weight excluding hydrogens is 565 g/mol. The molecule has 3 fully saturated rings. The van der Waals surface area contributed by atoms with Crippen molar-refractivity contribution in [2.24, 2.45) is 11.8 Å². The summed E-state index contributed by atoms with van der Waals surface area (Å²) in [6.45, 7) is 5.43. The van der Waals surface area contributed by atoms with Gasteiger partial charge in [-0.2, -0.15) is 4.98 Å². The van der Waals surface area contributed by atoms with E-state index in [0.29, 0.717) is 35.5 Å². The highest BCUT2D eigenvalue weighted by molar-refractivity contribution is 6.28. The number of nitrogens with two attached hydrogens (primary N) is 1. The fourth-order valence-corrected chi connectivity index (χ4v) is 8.62. The Kier molecular flexibility index (Phi) is 10.8. The van der Waals surface area contributed by atoms with E-state index < -0.39 is 0 Å². The predicted molar refractivity (Wildman–Crippen MR) is 149 cm³/mol. The number of aromatic amines is 1. The molecule has 220 valence electrons. The number of carbonyl (C=O) groups excluding carboxylic acids is 1. The van der Waals surface area contributed by atoms with Gasteiger partial charge in [-0.05, 0) is 80.5 Å². The van der Waals surface area contributed by atoms with Gasteiger partial charge < -0.3 is 39.8 Å². The minimum absolute atomic E-state index is 0. The number of hydrogen-bond donors (Lipinski definition) is 1. The van der Waals surface area contributed by atoms with Crippen LogP contribution >= 0.6 is 11.6 Å². The fraction of sp³-hybridized carbons (Fsp3) is 0.625. The minimum Gasteiger partial charge on any atom is -1.00 e. The largest absolute Gasteiger partial charge is 1.00 e. The molecule has 2 aliphatic heterocycles. The Labute approximate surface area is 257 Å². The molecule has 8 heteroatoms. The lowest BCUT2D eigenvalue weighted by Crippen LogP contribution is -3.00. The van der Waals surface area contributed by atoms with Gasteiger partial charge in [0.2, 0.25) is 11.6 Å². The standard InChI is InChI=1S/C32H42ClN3O2.2ClH/c1-2-38-28-15-17-32(25-13-14-29(33)35-30(25)28)21-34-20-26(32)31(37)36-18-16-24(22-9-5-3-6-10-22)19-27(36)23-11-7-4-8-12-23;;/h3,5-6,9-10,13-14,23-24,26-28,34H,2,4,7-8,11-12,15-21H2,1H3;2*1H/t24-,26+,27+,28?,32+;;/m1../s1. The summed E-state index contributed by atoms with van der Waals surface area (Å²) in [4.78, 5) is 20.5. The summed E-state index contributed by atoms with van der Waals surface area (Å²) in [5.41, 5.74) is 3.63. The Morgan fingerprint density at radius 3 is 2.60 bits per heavy atom. The number of quaternary nitrogens is 1. The van der Waals surface area contributed by atoms with E-state index in [9.17, 15) is 4.79 Å². The van der Waals surface area contributed by atoms with Crippen molar-refractivity contribution in [1.82, 2.24) is 4.90 Å². The quantitative estimate of drug-likeness (QED) is 0.435. The van der Waals surface area contributed by atoms with Crippen LogP contribution in [0.25, 0.3) is 0 Å². The van der Waals surface area contributed by atoms with Crippen LogP contribution in [-0.4, -0.2) is 43.1 Å². The molecule has 5 nitrogen and oxygen atoms in total. The van der Waals surface area contributed by atoms with E-state index in [2.05, 4.69) is 58.5 Å². The first-order chi connectivity index (χ1) is 18.6. The van der Waals surface area contributed by atoms with Gasteiger partial charge in [0, 0.05) is 30.8 Å². The number of likely N-dealkylation sites (tertiary alicyclic amines) is 1. The molecule has 2 aromatic rings. The van der Waals surface area contributed by atoms with E-state index in [1.165, 1.54) is 43.2 Å². The van der Waals surface area contributed by atoms with Crippen LogP contribution < -0.4 is 35.1 Å². The zero-order chi connectivity index (χ0) is 26.1. The lowest BCUT2D eigenvalue weighted by molar-refractivity contribution is -0.640. The fourth-order valence-electron chi connectivity index (χ4n) is 8.46. The maximum absolute atomic E-state index is 14.7. The van der Waals surface area contributed by atoms with Crippen LogP contribution in [0, 0.1) is 11.8 Å². The first-order valence-corrected chi connectivity index (χ1v) is 15.5. The average Bonchev–Trinajstić information content (AvgIpc) is 3.39. The third-order valence-corrected chi connectivity index (χ3v) is 10.5. The van der Waals surface area contributed by atoms with Crippen LogP contribution in [0.4, 0.5) is 0 Å². The lowest BCUT2D eigenvalue weighted by Gasteiger charge is -2.47. The third-order valence-electron chi connectivity index (χ3n) is 10.3. The SMILES string of the molecule is CCOC1CC[C@]2(C[NH2+]C[C@H]2C(=O)N2CC[C@@H](c3ccccc3)C[C@H]2C2CCCCC2)c2ccc(Cl)[nH+]c21.[Cl-].[Cl-]. The number of fused-ring (bicyclic) bond motifs is 2. The molecule has 1 aromatic carbocycles. The van der Waals surface area contributed by atoms with Crippen molar-refractivity contribution in [2.75, 3.05) is 26.2 Å². The number of nitrogens with zero attached hydrogens (tertiary/aromatic N) is 1. The Hall–Kier alpha value is -1.37. The second-order valence-corrected chi connectivity index (χ2v) is 12.6. The van der Waals surface area contributed by atoms with E-state index in [4.69, 9.17) is 16.3 Å². The summed E-state index contributed by atoms with van der Waals surface area (Å²) >= 11 is 6.43. The molecule has 40 heavy (non-hydrogen) atoms. The van der Waals surface area contributed by atoms with Crippen LogP contribution in [0.1, 0.15) is 93.6 Å². The van der Waals surface area contributed by atoms with E-state index in [1.807, 2.05) is 6.07 Å². The predicted octanol–water partition coefficient (Wildman–Crippen LogP) is -1.18. The molecule has 1 amide bonds. The van der Waals surface area contributed by atoms with Crippen molar-refractivity contribution in [3.63, 3.8) is 0 Å². The van der Waals surface area contributed by atoms with Crippen molar-refractivity contribution in [2.45, 2.75) is 88.2 Å². The van der Waals surface area contributed by atoms with Crippen molar-refractivity contribution < 1.29 is 44.6 Å². The highest BCUT2D eigenvalue weighted by Crippen LogP contribution is 2.48. The van der Waals surface area contributed by atoms with E-state index in [0.717, 1.165) is 51.0 Å². The Morgan fingerprint density at radius 1 is 1.07 bits per heavy atom. The first-order valence-electron chi connectivity index (χ1n) is 15.1. The molecule has 4 aliphatic rings. The smallest absolute Gasteiger partial charge is 0.273 e. The highest BCUT2D eigenvalue weighted by Gasteiger charge is 2.58. The molecule has 3 N–H and O–H groups in total. The van der Waals surface area contributed by atoms with E-state index >= 15 is 0 Å². The summed E-state index contributed by atoms with van der Waals surface area (Å²) < 4.78 is 6.13. The number of carbonyl (C=O) groups is 1. The zero-order valence-corrected chi connectivity index (χ0v) is 25.9. The monoisotopic (exact) mass is 607 g/mol. The molecule has 1 unspecified atom stereocenters. The van der Waals surface area contributed by atoms with Crippen molar-refractivity contribution in [1.29, 1.82) is 0 Å². The Balaban J connectivity index is 0.00000185. The van der Waals surface area contributed by atoms with Crippen LogP contribution in [0.5, 0.6) is 0 Å². The summed E-state index contributed by atoms with van der Waals surface area (Å²) in [6.07, 6.45) is 10.6.